The van der Waals surface area contributed by atoms with Gasteiger partial charge in [-0.1, -0.05) is 18.2 Å². The van der Waals surface area contributed by atoms with Crippen LogP contribution in [0.25, 0.3) is 0 Å². The van der Waals surface area contributed by atoms with Gasteiger partial charge in [-0.3, -0.25) is 0 Å². The highest BCUT2D eigenvalue weighted by Crippen LogP contribution is 2.11. The monoisotopic (exact) mass is 235 g/mol. The lowest BCUT2D eigenvalue weighted by molar-refractivity contribution is -0.786. The van der Waals surface area contributed by atoms with Gasteiger partial charge in [0.2, 0.25) is 0 Å². The molecule has 0 saturated carbocycles. The zero-order valence-electron chi connectivity index (χ0n) is 8.84. The molecule has 16 heavy (non-hydrogen) atoms. The molecule has 1 aromatic rings. The lowest BCUT2D eigenvalue weighted by Gasteiger charge is -2.03. The predicted molar refractivity (Wildman–Crippen MR) is 50.0 cm³/mol. The smallest absolute Gasteiger partial charge is 0.430 e. The SMILES string of the molecule is C[NH+](C)c1ccccc1.O=C([O-])C(F)(F)F. The van der Waals surface area contributed by atoms with Gasteiger partial charge in [-0.15, -0.1) is 0 Å². The summed E-state index contributed by atoms with van der Waals surface area (Å²) in [6.07, 6.45) is -5.19. The van der Waals surface area contributed by atoms with Crippen molar-refractivity contribution in [2.45, 2.75) is 6.18 Å². The molecule has 1 aromatic carbocycles. The lowest BCUT2D eigenvalue weighted by Crippen LogP contribution is -3.00. The molecule has 0 bridgehead atoms. The molecular weight excluding hydrogens is 223 g/mol. The number of nitrogens with one attached hydrogen (secondary N) is 1. The summed E-state index contributed by atoms with van der Waals surface area (Å²) in [5, 5.41) is 8.78. The number of carboxylic acid groups (broad SMARTS) is 1. The second-order valence-electron chi connectivity index (χ2n) is 3.15. The molecule has 0 radical (unpaired) electrons. The van der Waals surface area contributed by atoms with Gasteiger partial charge in [0, 0.05) is 0 Å². The topological polar surface area (TPSA) is 44.6 Å². The average Bonchev–Trinajstić information content (AvgIpc) is 2.18. The summed E-state index contributed by atoms with van der Waals surface area (Å²) in [7, 11) is 4.24. The van der Waals surface area contributed by atoms with Crippen LogP contribution >= 0.6 is 0 Å². The largest absolute Gasteiger partial charge is 0.542 e. The molecule has 3 nitrogen and oxygen atoms in total. The second kappa shape index (κ2) is 6.12. The van der Waals surface area contributed by atoms with Crippen molar-refractivity contribution < 1.29 is 28.0 Å². The van der Waals surface area contributed by atoms with Crippen LogP contribution in [0.15, 0.2) is 30.3 Å². The summed E-state index contributed by atoms with van der Waals surface area (Å²) in [6, 6.07) is 10.4. The Balaban J connectivity index is 0.000000293. The molecule has 0 unspecified atom stereocenters. The Morgan fingerprint density at radius 3 is 1.75 bits per heavy atom. The Morgan fingerprint density at radius 2 is 1.56 bits per heavy atom. The maximum absolute atomic E-state index is 10.5. The third kappa shape index (κ3) is 6.02. The van der Waals surface area contributed by atoms with Crippen LogP contribution in [-0.2, 0) is 4.79 Å². The van der Waals surface area contributed by atoms with Crippen molar-refractivity contribution in [3.63, 3.8) is 0 Å². The summed E-state index contributed by atoms with van der Waals surface area (Å²) < 4.78 is 31.5. The summed E-state index contributed by atoms with van der Waals surface area (Å²) in [6.45, 7) is 0. The number of quaternary nitrogens is 1. The van der Waals surface area contributed by atoms with Gasteiger partial charge in [-0.25, -0.2) is 0 Å². The van der Waals surface area contributed by atoms with Gasteiger partial charge >= 0.3 is 6.18 Å². The van der Waals surface area contributed by atoms with Gasteiger partial charge in [-0.2, -0.15) is 13.2 Å². The van der Waals surface area contributed by atoms with Crippen LogP contribution < -0.4 is 10.0 Å². The average molecular weight is 235 g/mol. The van der Waals surface area contributed by atoms with Gasteiger partial charge in [0.25, 0.3) is 0 Å². The molecule has 0 aliphatic carbocycles. The first-order valence-electron chi connectivity index (χ1n) is 4.39. The summed E-state index contributed by atoms with van der Waals surface area (Å²) >= 11 is 0. The maximum atomic E-state index is 10.5. The molecule has 1 N–H and O–H groups in total. The molecule has 1 rings (SSSR count). The highest BCUT2D eigenvalue weighted by Gasteiger charge is 2.28. The molecule has 0 fully saturated rings. The van der Waals surface area contributed by atoms with E-state index >= 15 is 0 Å². The van der Waals surface area contributed by atoms with Crippen LogP contribution in [0, 0.1) is 0 Å². The van der Waals surface area contributed by atoms with Crippen LogP contribution in [0.4, 0.5) is 18.9 Å². The van der Waals surface area contributed by atoms with E-state index < -0.39 is 12.1 Å². The number of carbonyl (C=O) groups is 1. The fourth-order valence-electron chi connectivity index (χ4n) is 0.771. The Hall–Kier alpha value is -1.56. The third-order valence-corrected chi connectivity index (χ3v) is 1.58. The fourth-order valence-corrected chi connectivity index (χ4v) is 0.771. The van der Waals surface area contributed by atoms with Crippen molar-refractivity contribution in [1.29, 1.82) is 0 Å². The van der Waals surface area contributed by atoms with E-state index in [1.54, 1.807) is 0 Å². The number of carboxylic acids is 1. The molecule has 0 atom stereocenters. The Labute approximate surface area is 91.1 Å². The number of carbonyl (C=O) groups excluding carboxylic acids is 1. The Bertz CT molecular complexity index is 323. The van der Waals surface area contributed by atoms with Gasteiger partial charge in [0.05, 0.1) is 14.1 Å². The molecule has 0 amide bonds. The number of hydrogen-bond donors (Lipinski definition) is 1. The minimum absolute atomic E-state index is 1.33. The molecule has 0 aliphatic rings. The lowest BCUT2D eigenvalue weighted by atomic mass is 10.3. The van der Waals surface area contributed by atoms with Gasteiger partial charge in [-0.05, 0) is 12.1 Å². The first kappa shape index (κ1) is 14.4. The quantitative estimate of drug-likeness (QED) is 0.730. The van der Waals surface area contributed by atoms with Crippen LogP contribution in [0.3, 0.4) is 0 Å². The van der Waals surface area contributed by atoms with E-state index in [-0.39, 0.29) is 0 Å². The number of para-hydroxylation sites is 1. The number of halogens is 3. The van der Waals surface area contributed by atoms with Crippen molar-refractivity contribution in [2.24, 2.45) is 0 Å². The highest BCUT2D eigenvalue weighted by molar-refractivity contribution is 5.70. The molecule has 0 spiro atoms. The fraction of sp³-hybridized carbons (Fsp3) is 0.300. The van der Waals surface area contributed by atoms with E-state index in [1.165, 1.54) is 10.6 Å². The molecule has 0 saturated heterocycles. The summed E-state index contributed by atoms with van der Waals surface area (Å²) in [5.74, 6) is -3.01. The number of rotatable bonds is 1. The maximum Gasteiger partial charge on any atom is 0.430 e. The van der Waals surface area contributed by atoms with Crippen LogP contribution in [0.2, 0.25) is 0 Å². The normalized spacial score (nSPS) is 10.6. The molecule has 0 heterocycles. The van der Waals surface area contributed by atoms with Gasteiger partial charge < -0.3 is 14.8 Å². The van der Waals surface area contributed by atoms with E-state index in [0.717, 1.165) is 0 Å². The van der Waals surface area contributed by atoms with Crippen molar-refractivity contribution >= 4 is 11.7 Å². The zero-order chi connectivity index (χ0) is 12.8. The van der Waals surface area contributed by atoms with E-state index in [1.807, 2.05) is 6.07 Å². The number of alkyl halides is 3. The molecule has 0 aliphatic heterocycles. The van der Waals surface area contributed by atoms with Crippen molar-refractivity contribution in [2.75, 3.05) is 14.1 Å². The summed E-state index contributed by atoms with van der Waals surface area (Å²) in [5.41, 5.74) is 1.33. The number of hydrogen-bond acceptors (Lipinski definition) is 2. The van der Waals surface area contributed by atoms with Crippen LogP contribution in [-0.4, -0.2) is 26.2 Å². The standard InChI is InChI=1S/C8H11N.C2HF3O2/c1-9(2)8-6-4-3-5-7-8;3-2(4,5)1(6)7/h3-7H,1-2H3;(H,6,7). The number of benzene rings is 1. The van der Waals surface area contributed by atoms with E-state index in [2.05, 4.69) is 38.4 Å². The second-order valence-corrected chi connectivity index (χ2v) is 3.15. The van der Waals surface area contributed by atoms with Crippen LogP contribution in [0.5, 0.6) is 0 Å². The van der Waals surface area contributed by atoms with Crippen molar-refractivity contribution in [3.8, 4) is 0 Å². The third-order valence-electron chi connectivity index (χ3n) is 1.58. The zero-order valence-corrected chi connectivity index (χ0v) is 8.84. The van der Waals surface area contributed by atoms with Crippen molar-refractivity contribution in [3.05, 3.63) is 30.3 Å². The van der Waals surface area contributed by atoms with E-state index in [4.69, 9.17) is 9.90 Å². The minimum atomic E-state index is -5.19. The molecule has 0 aromatic heterocycles. The van der Waals surface area contributed by atoms with Gasteiger partial charge in [0.15, 0.2) is 0 Å². The van der Waals surface area contributed by atoms with E-state index in [9.17, 15) is 13.2 Å². The Kier molecular flexibility index (Phi) is 5.52. The first-order chi connectivity index (χ1) is 7.25. The van der Waals surface area contributed by atoms with Gasteiger partial charge in [0.1, 0.15) is 11.7 Å². The van der Waals surface area contributed by atoms with E-state index in [0.29, 0.717) is 0 Å². The molecular formula is C10H12F3NO2. The molecule has 6 heteroatoms. The predicted octanol–water partition coefficient (Wildman–Crippen LogP) is -0.239. The minimum Gasteiger partial charge on any atom is -0.542 e. The van der Waals surface area contributed by atoms with Crippen LogP contribution in [0.1, 0.15) is 0 Å². The number of aliphatic carboxylic acids is 1. The van der Waals surface area contributed by atoms with Crippen molar-refractivity contribution in [1.82, 2.24) is 0 Å². The Morgan fingerprint density at radius 1 is 1.19 bits per heavy atom. The summed E-state index contributed by atoms with van der Waals surface area (Å²) in [4.78, 5) is 10.2. The first-order valence-corrected chi connectivity index (χ1v) is 4.39. The molecule has 90 valence electrons. The highest BCUT2D eigenvalue weighted by atomic mass is 19.4.